The number of ether oxygens (including phenoxy) is 1. The summed E-state index contributed by atoms with van der Waals surface area (Å²) in [6.45, 7) is 6.59. The Morgan fingerprint density at radius 3 is 2.13 bits per heavy atom. The molecule has 3 nitrogen and oxygen atoms in total. The highest BCUT2D eigenvalue weighted by atomic mass is 16.6. The third-order valence-electron chi connectivity index (χ3n) is 4.15. The fourth-order valence-corrected chi connectivity index (χ4v) is 3.17. The number of amides is 1. The Bertz CT molecular complexity index is 705. The van der Waals surface area contributed by atoms with E-state index >= 15 is 0 Å². The maximum Gasteiger partial charge on any atom is 0.409 e. The van der Waals surface area contributed by atoms with Crippen molar-refractivity contribution in [2.75, 3.05) is 20.2 Å². The highest BCUT2D eigenvalue weighted by molar-refractivity contribution is 5.79. The molecule has 0 atom stereocenters. The van der Waals surface area contributed by atoms with Gasteiger partial charge in [-0.1, -0.05) is 60.7 Å². The second kappa shape index (κ2) is 6.29. The Morgan fingerprint density at radius 2 is 1.61 bits per heavy atom. The second-order valence-electron chi connectivity index (χ2n) is 6.12. The maximum atomic E-state index is 12.1. The summed E-state index contributed by atoms with van der Waals surface area (Å²) in [5.74, 6) is 0.101. The number of benzene rings is 2. The van der Waals surface area contributed by atoms with Gasteiger partial charge in [0.2, 0.25) is 0 Å². The monoisotopic (exact) mass is 307 g/mol. The van der Waals surface area contributed by atoms with Gasteiger partial charge in [-0.2, -0.15) is 0 Å². The van der Waals surface area contributed by atoms with Gasteiger partial charge in [-0.15, -0.1) is 0 Å². The van der Waals surface area contributed by atoms with E-state index in [9.17, 15) is 4.79 Å². The Morgan fingerprint density at radius 1 is 1.09 bits per heavy atom. The van der Waals surface area contributed by atoms with E-state index < -0.39 is 0 Å². The fraction of sp³-hybridized carbons (Fsp3) is 0.250. The third-order valence-corrected chi connectivity index (χ3v) is 4.15. The van der Waals surface area contributed by atoms with Crippen molar-refractivity contribution < 1.29 is 9.53 Å². The SMILES string of the molecule is C=C(C)CN(C)C(=O)OCC1c2ccccc2-c2ccccc21. The number of likely N-dealkylation sites (N-methyl/N-ethyl adjacent to an activating group) is 1. The highest BCUT2D eigenvalue weighted by Gasteiger charge is 2.29. The van der Waals surface area contributed by atoms with Crippen molar-refractivity contribution in [3.05, 3.63) is 71.8 Å². The lowest BCUT2D eigenvalue weighted by Crippen LogP contribution is -2.30. The number of fused-ring (bicyclic) bond motifs is 3. The second-order valence-corrected chi connectivity index (χ2v) is 6.12. The molecule has 1 aliphatic carbocycles. The molecule has 0 unspecified atom stereocenters. The maximum absolute atomic E-state index is 12.1. The van der Waals surface area contributed by atoms with Gasteiger partial charge in [0.1, 0.15) is 6.61 Å². The van der Waals surface area contributed by atoms with E-state index in [0.29, 0.717) is 13.2 Å². The number of rotatable bonds is 4. The third kappa shape index (κ3) is 3.00. The van der Waals surface area contributed by atoms with Gasteiger partial charge in [0, 0.05) is 19.5 Å². The first kappa shape index (κ1) is 15.3. The first-order chi connectivity index (χ1) is 11.1. The molecule has 0 N–H and O–H groups in total. The van der Waals surface area contributed by atoms with Crippen LogP contribution in [0.4, 0.5) is 4.79 Å². The van der Waals surface area contributed by atoms with Crippen molar-refractivity contribution in [3.8, 4) is 11.1 Å². The zero-order valence-electron chi connectivity index (χ0n) is 13.6. The summed E-state index contributed by atoms with van der Waals surface area (Å²) in [4.78, 5) is 13.7. The van der Waals surface area contributed by atoms with E-state index in [2.05, 4.69) is 30.8 Å². The van der Waals surface area contributed by atoms with Crippen molar-refractivity contribution >= 4 is 6.09 Å². The van der Waals surface area contributed by atoms with Crippen LogP contribution in [0.5, 0.6) is 0 Å². The van der Waals surface area contributed by atoms with E-state index in [1.165, 1.54) is 22.3 Å². The van der Waals surface area contributed by atoms with E-state index in [1.54, 1.807) is 11.9 Å². The molecular weight excluding hydrogens is 286 g/mol. The summed E-state index contributed by atoms with van der Waals surface area (Å²) in [6.07, 6.45) is -0.310. The van der Waals surface area contributed by atoms with Crippen LogP contribution in [0, 0.1) is 0 Å². The van der Waals surface area contributed by atoms with Crippen LogP contribution in [-0.2, 0) is 4.74 Å². The average Bonchev–Trinajstić information content (AvgIpc) is 2.86. The molecular formula is C20H21NO2. The summed E-state index contributed by atoms with van der Waals surface area (Å²) in [7, 11) is 1.73. The zero-order chi connectivity index (χ0) is 16.4. The molecule has 1 aliphatic rings. The van der Waals surface area contributed by atoms with Crippen LogP contribution in [0.25, 0.3) is 11.1 Å². The molecule has 0 aromatic heterocycles. The number of hydrogen-bond donors (Lipinski definition) is 0. The van der Waals surface area contributed by atoms with Crippen molar-refractivity contribution in [1.82, 2.24) is 4.90 Å². The largest absolute Gasteiger partial charge is 0.448 e. The lowest BCUT2D eigenvalue weighted by Gasteiger charge is -2.19. The van der Waals surface area contributed by atoms with Gasteiger partial charge in [0.05, 0.1) is 0 Å². The smallest absolute Gasteiger partial charge is 0.409 e. The minimum atomic E-state index is -0.310. The quantitative estimate of drug-likeness (QED) is 0.781. The molecule has 0 bridgehead atoms. The van der Waals surface area contributed by atoms with Crippen LogP contribution in [0.3, 0.4) is 0 Å². The number of nitrogens with zero attached hydrogens (tertiary/aromatic N) is 1. The highest BCUT2D eigenvalue weighted by Crippen LogP contribution is 2.44. The number of carbonyl (C=O) groups is 1. The molecule has 0 fully saturated rings. The molecule has 0 aliphatic heterocycles. The van der Waals surface area contributed by atoms with Crippen molar-refractivity contribution in [2.24, 2.45) is 0 Å². The normalized spacial score (nSPS) is 12.4. The minimum absolute atomic E-state index is 0.101. The molecule has 23 heavy (non-hydrogen) atoms. The molecule has 0 saturated heterocycles. The summed E-state index contributed by atoms with van der Waals surface area (Å²) < 4.78 is 5.55. The van der Waals surface area contributed by atoms with Gasteiger partial charge in [-0.3, -0.25) is 0 Å². The zero-order valence-corrected chi connectivity index (χ0v) is 13.6. The molecule has 0 heterocycles. The van der Waals surface area contributed by atoms with Gasteiger partial charge in [-0.25, -0.2) is 4.79 Å². The molecule has 2 aromatic carbocycles. The molecule has 3 heteroatoms. The fourth-order valence-electron chi connectivity index (χ4n) is 3.17. The standard InChI is InChI=1S/C20H21NO2/c1-14(2)12-21(3)20(22)23-13-19-17-10-6-4-8-15(17)16-9-5-7-11-18(16)19/h4-11,19H,1,12-13H2,2-3H3. The lowest BCUT2D eigenvalue weighted by atomic mass is 9.98. The number of carbonyl (C=O) groups excluding carboxylic acids is 1. The molecule has 2 aromatic rings. The molecule has 118 valence electrons. The van der Waals surface area contributed by atoms with Gasteiger partial charge in [0.15, 0.2) is 0 Å². The Kier molecular flexibility index (Phi) is 4.20. The summed E-state index contributed by atoms with van der Waals surface area (Å²) >= 11 is 0. The van der Waals surface area contributed by atoms with Gasteiger partial charge >= 0.3 is 6.09 Å². The van der Waals surface area contributed by atoms with Crippen LogP contribution in [0.2, 0.25) is 0 Å². The summed E-state index contributed by atoms with van der Waals surface area (Å²) in [5.41, 5.74) is 5.85. The first-order valence-electron chi connectivity index (χ1n) is 7.78. The van der Waals surface area contributed by atoms with E-state index in [0.717, 1.165) is 5.57 Å². The van der Waals surface area contributed by atoms with E-state index in [-0.39, 0.29) is 12.0 Å². The lowest BCUT2D eigenvalue weighted by molar-refractivity contribution is 0.111. The van der Waals surface area contributed by atoms with Crippen LogP contribution >= 0.6 is 0 Å². The van der Waals surface area contributed by atoms with E-state index in [4.69, 9.17) is 4.74 Å². The molecule has 1 amide bonds. The summed E-state index contributed by atoms with van der Waals surface area (Å²) in [6, 6.07) is 16.7. The van der Waals surface area contributed by atoms with Crippen LogP contribution in [0.1, 0.15) is 24.0 Å². The predicted octanol–water partition coefficient (Wildman–Crippen LogP) is 4.44. The average molecular weight is 307 g/mol. The van der Waals surface area contributed by atoms with Crippen LogP contribution < -0.4 is 0 Å². The molecule has 0 radical (unpaired) electrons. The molecule has 0 spiro atoms. The van der Waals surface area contributed by atoms with Crippen molar-refractivity contribution in [3.63, 3.8) is 0 Å². The van der Waals surface area contributed by atoms with Crippen molar-refractivity contribution in [1.29, 1.82) is 0 Å². The first-order valence-corrected chi connectivity index (χ1v) is 7.78. The number of hydrogen-bond acceptors (Lipinski definition) is 2. The van der Waals surface area contributed by atoms with Gasteiger partial charge in [0.25, 0.3) is 0 Å². The van der Waals surface area contributed by atoms with E-state index in [1.807, 2.05) is 31.2 Å². The molecule has 3 rings (SSSR count). The van der Waals surface area contributed by atoms with Crippen LogP contribution in [-0.4, -0.2) is 31.2 Å². The topological polar surface area (TPSA) is 29.5 Å². The Hall–Kier alpha value is -2.55. The van der Waals surface area contributed by atoms with Gasteiger partial charge < -0.3 is 9.64 Å². The Balaban J connectivity index is 1.78. The van der Waals surface area contributed by atoms with Gasteiger partial charge in [-0.05, 0) is 29.2 Å². The molecule has 0 saturated carbocycles. The predicted molar refractivity (Wildman–Crippen MR) is 92.5 cm³/mol. The minimum Gasteiger partial charge on any atom is -0.448 e. The van der Waals surface area contributed by atoms with Crippen molar-refractivity contribution in [2.45, 2.75) is 12.8 Å². The van der Waals surface area contributed by atoms with Crippen LogP contribution in [0.15, 0.2) is 60.7 Å². The Labute approximate surface area is 137 Å². The summed E-state index contributed by atoms with van der Waals surface area (Å²) in [5, 5.41) is 0.